The second-order valence-corrected chi connectivity index (χ2v) is 5.53. The Labute approximate surface area is 124 Å². The van der Waals surface area contributed by atoms with Crippen molar-refractivity contribution in [3.63, 3.8) is 0 Å². The number of phenolic OH excluding ortho intramolecular Hbond substituents is 1. The lowest BCUT2D eigenvalue weighted by Crippen LogP contribution is -2.44. The van der Waals surface area contributed by atoms with Crippen LogP contribution in [0.15, 0.2) is 18.2 Å². The molecule has 0 bridgehead atoms. The van der Waals surface area contributed by atoms with Crippen molar-refractivity contribution in [1.82, 2.24) is 4.90 Å². The summed E-state index contributed by atoms with van der Waals surface area (Å²) in [7, 11) is 0. The topological polar surface area (TPSA) is 77.8 Å². The summed E-state index contributed by atoms with van der Waals surface area (Å²) in [6.45, 7) is 2.37. The molecule has 0 aromatic heterocycles. The largest absolute Gasteiger partial charge is 0.508 e. The van der Waals surface area contributed by atoms with Gasteiger partial charge in [0.05, 0.1) is 0 Å². The first-order valence-electron chi connectivity index (χ1n) is 7.32. The number of aliphatic carboxylic acids is 1. The number of aromatic hydroxyl groups is 1. The van der Waals surface area contributed by atoms with Gasteiger partial charge in [0.25, 0.3) is 5.91 Å². The highest BCUT2D eigenvalue weighted by Crippen LogP contribution is 2.26. The predicted octanol–water partition coefficient (Wildman–Crippen LogP) is 2.56. The number of hydrogen-bond donors (Lipinski definition) is 2. The molecule has 1 amide bonds. The molecule has 5 heteroatoms. The summed E-state index contributed by atoms with van der Waals surface area (Å²) in [4.78, 5) is 25.2. The molecule has 2 rings (SSSR count). The fourth-order valence-corrected chi connectivity index (χ4v) is 2.87. The normalized spacial score (nSPS) is 18.5. The van der Waals surface area contributed by atoms with Gasteiger partial charge in [0, 0.05) is 30.1 Å². The lowest BCUT2D eigenvalue weighted by Gasteiger charge is -2.36. The number of phenols is 1. The van der Waals surface area contributed by atoms with Crippen LogP contribution in [0.4, 0.5) is 0 Å². The summed E-state index contributed by atoms with van der Waals surface area (Å²) in [6.07, 6.45) is 3.36. The molecule has 1 aromatic carbocycles. The summed E-state index contributed by atoms with van der Waals surface area (Å²) < 4.78 is 0. The zero-order chi connectivity index (χ0) is 15.4. The number of rotatable bonds is 4. The second-order valence-electron chi connectivity index (χ2n) is 5.53. The SMILES string of the molecule is Cc1c(O)cccc1C(=O)N1CCCCC1CCC(=O)O. The first kappa shape index (κ1) is 15.4. The molecule has 0 saturated carbocycles. The summed E-state index contributed by atoms with van der Waals surface area (Å²) in [6, 6.07) is 4.90. The Balaban J connectivity index is 2.18. The third-order valence-corrected chi connectivity index (χ3v) is 4.12. The van der Waals surface area contributed by atoms with Crippen LogP contribution in [0.3, 0.4) is 0 Å². The highest BCUT2D eigenvalue weighted by atomic mass is 16.4. The summed E-state index contributed by atoms with van der Waals surface area (Å²) in [5, 5.41) is 18.6. The lowest BCUT2D eigenvalue weighted by atomic mass is 9.96. The van der Waals surface area contributed by atoms with Crippen molar-refractivity contribution in [3.05, 3.63) is 29.3 Å². The number of likely N-dealkylation sites (tertiary alicyclic amines) is 1. The molecule has 2 N–H and O–H groups in total. The van der Waals surface area contributed by atoms with E-state index in [4.69, 9.17) is 5.11 Å². The first-order valence-corrected chi connectivity index (χ1v) is 7.32. The molecule has 0 aliphatic carbocycles. The Morgan fingerprint density at radius 2 is 2.10 bits per heavy atom. The molecule has 0 radical (unpaired) electrons. The summed E-state index contributed by atoms with van der Waals surface area (Å²) in [5.74, 6) is -0.833. The maximum atomic E-state index is 12.7. The minimum absolute atomic E-state index is 0.0240. The van der Waals surface area contributed by atoms with Crippen LogP contribution in [0.5, 0.6) is 5.75 Å². The zero-order valence-corrected chi connectivity index (χ0v) is 12.2. The molecular weight excluding hydrogens is 270 g/mol. The maximum absolute atomic E-state index is 12.7. The maximum Gasteiger partial charge on any atom is 0.303 e. The fraction of sp³-hybridized carbons (Fsp3) is 0.500. The van der Waals surface area contributed by atoms with Crippen molar-refractivity contribution in [2.24, 2.45) is 0 Å². The number of piperidine rings is 1. The van der Waals surface area contributed by atoms with Crippen LogP contribution in [0.25, 0.3) is 0 Å². The van der Waals surface area contributed by atoms with Crippen LogP contribution >= 0.6 is 0 Å². The number of hydrogen-bond acceptors (Lipinski definition) is 3. The van der Waals surface area contributed by atoms with Gasteiger partial charge in [0.1, 0.15) is 5.75 Å². The van der Waals surface area contributed by atoms with E-state index in [1.807, 2.05) is 0 Å². The van der Waals surface area contributed by atoms with E-state index in [9.17, 15) is 14.7 Å². The summed E-state index contributed by atoms with van der Waals surface area (Å²) in [5.41, 5.74) is 1.07. The molecule has 114 valence electrons. The van der Waals surface area contributed by atoms with Crippen LogP contribution in [-0.2, 0) is 4.79 Å². The Morgan fingerprint density at radius 3 is 2.81 bits per heavy atom. The van der Waals surface area contributed by atoms with Gasteiger partial charge in [-0.1, -0.05) is 6.07 Å². The molecule has 1 heterocycles. The summed E-state index contributed by atoms with van der Waals surface area (Å²) >= 11 is 0. The molecule has 1 aromatic rings. The number of benzene rings is 1. The molecule has 1 fully saturated rings. The third-order valence-electron chi connectivity index (χ3n) is 4.12. The van der Waals surface area contributed by atoms with E-state index < -0.39 is 5.97 Å². The number of carbonyl (C=O) groups is 2. The van der Waals surface area contributed by atoms with E-state index in [1.165, 1.54) is 0 Å². The number of amides is 1. The van der Waals surface area contributed by atoms with E-state index in [1.54, 1.807) is 30.0 Å². The van der Waals surface area contributed by atoms with Crippen molar-refractivity contribution < 1.29 is 19.8 Å². The average molecular weight is 291 g/mol. The molecule has 0 spiro atoms. The number of nitrogens with zero attached hydrogens (tertiary/aromatic N) is 1. The Kier molecular flexibility index (Phi) is 4.83. The van der Waals surface area contributed by atoms with Crippen LogP contribution < -0.4 is 0 Å². The molecule has 1 saturated heterocycles. The molecule has 1 atom stereocenters. The Morgan fingerprint density at radius 1 is 1.33 bits per heavy atom. The Bertz CT molecular complexity index is 541. The van der Waals surface area contributed by atoms with Crippen molar-refractivity contribution >= 4 is 11.9 Å². The number of carbonyl (C=O) groups excluding carboxylic acids is 1. The van der Waals surface area contributed by atoms with Gasteiger partial charge >= 0.3 is 5.97 Å². The van der Waals surface area contributed by atoms with Crippen molar-refractivity contribution in [2.75, 3.05) is 6.54 Å². The van der Waals surface area contributed by atoms with E-state index in [0.29, 0.717) is 24.1 Å². The monoisotopic (exact) mass is 291 g/mol. The van der Waals surface area contributed by atoms with Crippen LogP contribution in [-0.4, -0.2) is 39.6 Å². The van der Waals surface area contributed by atoms with Gasteiger partial charge < -0.3 is 15.1 Å². The van der Waals surface area contributed by atoms with E-state index >= 15 is 0 Å². The van der Waals surface area contributed by atoms with Gasteiger partial charge in [0.15, 0.2) is 0 Å². The van der Waals surface area contributed by atoms with Gasteiger partial charge in [-0.05, 0) is 44.7 Å². The molecular formula is C16H21NO4. The van der Waals surface area contributed by atoms with Gasteiger partial charge in [-0.3, -0.25) is 9.59 Å². The highest BCUT2D eigenvalue weighted by molar-refractivity contribution is 5.96. The van der Waals surface area contributed by atoms with Crippen molar-refractivity contribution in [2.45, 2.75) is 45.1 Å². The molecule has 1 unspecified atom stereocenters. The van der Waals surface area contributed by atoms with Crippen LogP contribution in [0.2, 0.25) is 0 Å². The number of carboxylic acids is 1. The standard InChI is InChI=1S/C16H21NO4/c1-11-13(6-4-7-14(11)18)16(21)17-10-3-2-5-12(17)8-9-15(19)20/h4,6-7,12,18H,2-3,5,8-10H2,1H3,(H,19,20). The highest BCUT2D eigenvalue weighted by Gasteiger charge is 2.28. The van der Waals surface area contributed by atoms with Gasteiger partial charge in [-0.2, -0.15) is 0 Å². The number of carboxylic acid groups (broad SMARTS) is 1. The van der Waals surface area contributed by atoms with Crippen molar-refractivity contribution in [1.29, 1.82) is 0 Å². The quantitative estimate of drug-likeness (QED) is 0.893. The van der Waals surface area contributed by atoms with E-state index in [2.05, 4.69) is 0 Å². The Hall–Kier alpha value is -2.04. The third kappa shape index (κ3) is 3.54. The smallest absolute Gasteiger partial charge is 0.303 e. The predicted molar refractivity (Wildman–Crippen MR) is 78.4 cm³/mol. The van der Waals surface area contributed by atoms with Gasteiger partial charge in [-0.25, -0.2) is 0 Å². The molecule has 1 aliphatic rings. The van der Waals surface area contributed by atoms with Gasteiger partial charge in [-0.15, -0.1) is 0 Å². The minimum Gasteiger partial charge on any atom is -0.508 e. The van der Waals surface area contributed by atoms with Crippen molar-refractivity contribution in [3.8, 4) is 5.75 Å². The van der Waals surface area contributed by atoms with Crippen LogP contribution in [0, 0.1) is 6.92 Å². The second kappa shape index (κ2) is 6.61. The average Bonchev–Trinajstić information content (AvgIpc) is 2.47. The fourth-order valence-electron chi connectivity index (χ4n) is 2.87. The molecule has 5 nitrogen and oxygen atoms in total. The van der Waals surface area contributed by atoms with E-state index in [-0.39, 0.29) is 24.1 Å². The lowest BCUT2D eigenvalue weighted by molar-refractivity contribution is -0.137. The van der Waals surface area contributed by atoms with Gasteiger partial charge in [0.2, 0.25) is 0 Å². The van der Waals surface area contributed by atoms with E-state index in [0.717, 1.165) is 19.3 Å². The molecule has 21 heavy (non-hydrogen) atoms. The molecule has 1 aliphatic heterocycles. The zero-order valence-electron chi connectivity index (χ0n) is 12.2. The van der Waals surface area contributed by atoms with Crippen LogP contribution in [0.1, 0.15) is 48.0 Å². The minimum atomic E-state index is -0.832. The first-order chi connectivity index (χ1) is 10.0.